The topological polar surface area (TPSA) is 65.7 Å². The van der Waals surface area contributed by atoms with Gasteiger partial charge in [0.1, 0.15) is 0 Å². The van der Waals surface area contributed by atoms with E-state index in [4.69, 9.17) is 19.9 Å². The fraction of sp³-hybridized carbons (Fsp3) is 1.00. The third-order valence-electron chi connectivity index (χ3n) is 5.47. The minimum Gasteiger partial charge on any atom is -0.331 e. The number of nitrogens with one attached hydrogen (secondary N) is 1. The van der Waals surface area contributed by atoms with Crippen molar-refractivity contribution in [2.75, 3.05) is 41.0 Å². The number of unbranched alkanes of at least 4 members (excludes halogenated alkanes) is 8. The molecule has 0 aliphatic rings. The fourth-order valence-corrected chi connectivity index (χ4v) is 3.77. The summed E-state index contributed by atoms with van der Waals surface area (Å²) in [6, 6.07) is 0. The molecule has 0 bridgehead atoms. The van der Waals surface area contributed by atoms with Crippen molar-refractivity contribution in [3.8, 4) is 0 Å². The van der Waals surface area contributed by atoms with Crippen LogP contribution in [-0.4, -0.2) is 46.9 Å². The first-order chi connectivity index (χ1) is 13.2. The van der Waals surface area contributed by atoms with Gasteiger partial charge in [0.05, 0.1) is 0 Å². The van der Waals surface area contributed by atoms with Crippen LogP contribution in [-0.2, 0) is 14.2 Å². The average Bonchev–Trinajstić information content (AvgIpc) is 2.70. The van der Waals surface area contributed by atoms with Gasteiger partial charge in [-0.1, -0.05) is 58.3 Å². The third-order valence-corrected chi connectivity index (χ3v) is 5.47. The molecule has 0 aliphatic heterocycles. The molecule has 0 amide bonds. The molecule has 0 heterocycles. The largest absolute Gasteiger partial charge is 0.331 e. The standard InChI is InChI=1S/C22H48N2O3/c1-5-6-7-8-9-12-16-21(22(25-2,26-3)27-4)17-15-20-24-19-14-11-10-13-18-23/h21,24H,5-20,23H2,1-4H3. The van der Waals surface area contributed by atoms with Gasteiger partial charge in [-0.15, -0.1) is 0 Å². The van der Waals surface area contributed by atoms with Gasteiger partial charge in [-0.05, 0) is 51.7 Å². The Morgan fingerprint density at radius 2 is 1.22 bits per heavy atom. The van der Waals surface area contributed by atoms with Crippen LogP contribution in [0, 0.1) is 5.92 Å². The maximum atomic E-state index is 5.65. The molecule has 1 atom stereocenters. The molecule has 164 valence electrons. The predicted octanol–water partition coefficient (Wildman–Crippen LogP) is 4.84. The highest BCUT2D eigenvalue weighted by molar-refractivity contribution is 4.72. The minimum atomic E-state index is -0.911. The molecule has 5 heteroatoms. The van der Waals surface area contributed by atoms with Gasteiger partial charge in [0, 0.05) is 27.2 Å². The first kappa shape index (κ1) is 26.8. The molecule has 0 saturated carbocycles. The number of hydrogen-bond donors (Lipinski definition) is 2. The Balaban J connectivity index is 4.15. The SMILES string of the molecule is CCCCCCCCC(CCCNCCCCCCN)C(OC)(OC)OC. The third kappa shape index (κ3) is 12.8. The van der Waals surface area contributed by atoms with E-state index in [-0.39, 0.29) is 5.92 Å². The lowest BCUT2D eigenvalue weighted by Gasteiger charge is -2.36. The van der Waals surface area contributed by atoms with Crippen LogP contribution in [0.5, 0.6) is 0 Å². The summed E-state index contributed by atoms with van der Waals surface area (Å²) in [5.41, 5.74) is 5.53. The molecular formula is C22H48N2O3. The van der Waals surface area contributed by atoms with Gasteiger partial charge in [-0.25, -0.2) is 0 Å². The molecule has 0 spiro atoms. The molecule has 0 radical (unpaired) electrons. The van der Waals surface area contributed by atoms with Gasteiger partial charge in [0.15, 0.2) is 0 Å². The van der Waals surface area contributed by atoms with E-state index in [1.807, 2.05) is 0 Å². The van der Waals surface area contributed by atoms with Crippen molar-refractivity contribution >= 4 is 0 Å². The van der Waals surface area contributed by atoms with Gasteiger partial charge in [0.2, 0.25) is 0 Å². The maximum absolute atomic E-state index is 5.65. The zero-order chi connectivity index (χ0) is 20.2. The number of ether oxygens (including phenoxy) is 3. The van der Waals surface area contributed by atoms with Crippen molar-refractivity contribution in [1.82, 2.24) is 5.32 Å². The summed E-state index contributed by atoms with van der Waals surface area (Å²) < 4.78 is 17.0. The van der Waals surface area contributed by atoms with E-state index in [2.05, 4.69) is 12.2 Å². The molecule has 3 N–H and O–H groups in total. The molecule has 0 aromatic rings. The molecule has 27 heavy (non-hydrogen) atoms. The lowest BCUT2D eigenvalue weighted by molar-refractivity contribution is -0.380. The number of hydrogen-bond acceptors (Lipinski definition) is 5. The Hall–Kier alpha value is -0.200. The zero-order valence-corrected chi connectivity index (χ0v) is 18.7. The van der Waals surface area contributed by atoms with Crippen LogP contribution < -0.4 is 11.1 Å². The number of rotatable bonds is 21. The Bertz CT molecular complexity index is 291. The Kier molecular flexibility index (Phi) is 19.0. The second-order valence-electron chi connectivity index (χ2n) is 7.56. The van der Waals surface area contributed by atoms with Crippen molar-refractivity contribution in [2.45, 2.75) is 96.4 Å². The van der Waals surface area contributed by atoms with Crippen molar-refractivity contribution < 1.29 is 14.2 Å². The van der Waals surface area contributed by atoms with Crippen LogP contribution in [0.3, 0.4) is 0 Å². The van der Waals surface area contributed by atoms with Crippen molar-refractivity contribution in [3.63, 3.8) is 0 Å². The van der Waals surface area contributed by atoms with E-state index in [0.29, 0.717) is 0 Å². The van der Waals surface area contributed by atoms with Crippen LogP contribution in [0.4, 0.5) is 0 Å². The molecule has 0 aromatic carbocycles. The molecule has 0 fully saturated rings. The van der Waals surface area contributed by atoms with E-state index in [1.54, 1.807) is 21.3 Å². The maximum Gasteiger partial charge on any atom is 0.285 e. The molecular weight excluding hydrogens is 340 g/mol. The van der Waals surface area contributed by atoms with Gasteiger partial charge < -0.3 is 25.3 Å². The van der Waals surface area contributed by atoms with Crippen LogP contribution >= 0.6 is 0 Å². The molecule has 0 aliphatic carbocycles. The Morgan fingerprint density at radius 1 is 0.704 bits per heavy atom. The van der Waals surface area contributed by atoms with E-state index < -0.39 is 5.97 Å². The van der Waals surface area contributed by atoms with Crippen LogP contribution in [0.15, 0.2) is 0 Å². The summed E-state index contributed by atoms with van der Waals surface area (Å²) >= 11 is 0. The zero-order valence-electron chi connectivity index (χ0n) is 18.7. The number of nitrogens with two attached hydrogens (primary N) is 1. The molecule has 0 aromatic heterocycles. The summed E-state index contributed by atoms with van der Waals surface area (Å²) in [5.74, 6) is -0.652. The van der Waals surface area contributed by atoms with Crippen LogP contribution in [0.25, 0.3) is 0 Å². The van der Waals surface area contributed by atoms with E-state index in [0.717, 1.165) is 45.3 Å². The Labute approximate surface area is 169 Å². The molecule has 0 rings (SSSR count). The average molecular weight is 389 g/mol. The van der Waals surface area contributed by atoms with E-state index in [9.17, 15) is 0 Å². The second kappa shape index (κ2) is 19.1. The lowest BCUT2D eigenvalue weighted by Crippen LogP contribution is -2.44. The van der Waals surface area contributed by atoms with Crippen LogP contribution in [0.2, 0.25) is 0 Å². The van der Waals surface area contributed by atoms with Gasteiger partial charge in [0.25, 0.3) is 5.97 Å². The molecule has 5 nitrogen and oxygen atoms in total. The lowest BCUT2D eigenvalue weighted by atomic mass is 9.93. The van der Waals surface area contributed by atoms with Gasteiger partial charge in [-0.2, -0.15) is 0 Å². The molecule has 1 unspecified atom stereocenters. The van der Waals surface area contributed by atoms with Crippen molar-refractivity contribution in [3.05, 3.63) is 0 Å². The van der Waals surface area contributed by atoms with E-state index >= 15 is 0 Å². The van der Waals surface area contributed by atoms with Crippen molar-refractivity contribution in [1.29, 1.82) is 0 Å². The fourth-order valence-electron chi connectivity index (χ4n) is 3.77. The summed E-state index contributed by atoms with van der Waals surface area (Å²) in [6.07, 6.45) is 15.9. The smallest absolute Gasteiger partial charge is 0.285 e. The summed E-state index contributed by atoms with van der Waals surface area (Å²) in [4.78, 5) is 0. The first-order valence-electron chi connectivity index (χ1n) is 11.3. The normalized spacial score (nSPS) is 13.2. The highest BCUT2D eigenvalue weighted by Crippen LogP contribution is 2.32. The summed E-state index contributed by atoms with van der Waals surface area (Å²) in [5, 5.41) is 3.56. The van der Waals surface area contributed by atoms with Gasteiger partial charge >= 0.3 is 0 Å². The summed E-state index contributed by atoms with van der Waals surface area (Å²) in [7, 11) is 5.04. The molecule has 0 saturated heterocycles. The van der Waals surface area contributed by atoms with Crippen molar-refractivity contribution in [2.24, 2.45) is 11.7 Å². The number of methoxy groups -OCH3 is 3. The monoisotopic (exact) mass is 388 g/mol. The van der Waals surface area contributed by atoms with E-state index in [1.165, 1.54) is 57.8 Å². The minimum absolute atomic E-state index is 0.259. The first-order valence-corrected chi connectivity index (χ1v) is 11.3. The predicted molar refractivity (Wildman–Crippen MR) is 115 cm³/mol. The highest BCUT2D eigenvalue weighted by Gasteiger charge is 2.39. The Morgan fingerprint density at radius 3 is 1.85 bits per heavy atom. The summed E-state index contributed by atoms with van der Waals surface area (Å²) in [6.45, 7) is 5.20. The quantitative estimate of drug-likeness (QED) is 0.218. The highest BCUT2D eigenvalue weighted by atomic mass is 16.9. The second-order valence-corrected chi connectivity index (χ2v) is 7.56. The van der Waals surface area contributed by atoms with Crippen LogP contribution in [0.1, 0.15) is 90.4 Å². The van der Waals surface area contributed by atoms with Gasteiger partial charge in [-0.3, -0.25) is 0 Å².